The van der Waals surface area contributed by atoms with Crippen LogP contribution in [0.4, 0.5) is 0 Å². The molecule has 0 aliphatic carbocycles. The van der Waals surface area contributed by atoms with Gasteiger partial charge in [-0.25, -0.2) is 4.79 Å². The van der Waals surface area contributed by atoms with E-state index in [9.17, 15) is 4.79 Å². The van der Waals surface area contributed by atoms with E-state index in [2.05, 4.69) is 6.92 Å². The molecule has 0 spiro atoms. The predicted octanol–water partition coefficient (Wildman–Crippen LogP) is 2.64. The number of rotatable bonds is 9. The van der Waals surface area contributed by atoms with E-state index in [1.807, 2.05) is 13.8 Å². The molecule has 0 heterocycles. The Bertz CT molecular complexity index is 235. The third-order valence-corrected chi connectivity index (χ3v) is 6.06. The highest BCUT2D eigenvalue weighted by molar-refractivity contribution is 6.67. The Morgan fingerprint density at radius 2 is 1.76 bits per heavy atom. The Labute approximate surface area is 105 Å². The highest BCUT2D eigenvalue weighted by atomic mass is 28.4. The van der Waals surface area contributed by atoms with E-state index in [0.29, 0.717) is 25.9 Å². The molecule has 17 heavy (non-hydrogen) atoms. The monoisotopic (exact) mass is 260 g/mol. The van der Waals surface area contributed by atoms with Gasteiger partial charge in [0.1, 0.15) is 0 Å². The number of hydrogen-bond donors (Lipinski definition) is 0. The van der Waals surface area contributed by atoms with Crippen LogP contribution < -0.4 is 0 Å². The van der Waals surface area contributed by atoms with Gasteiger partial charge in [-0.15, -0.1) is 0 Å². The van der Waals surface area contributed by atoms with Crippen LogP contribution in [0.3, 0.4) is 0 Å². The summed E-state index contributed by atoms with van der Waals surface area (Å²) in [5, 5.41) is 0. The van der Waals surface area contributed by atoms with Gasteiger partial charge in [0.15, 0.2) is 0 Å². The van der Waals surface area contributed by atoms with Gasteiger partial charge in [-0.3, -0.25) is 0 Å². The molecule has 4 nitrogen and oxygen atoms in total. The first-order valence-electron chi connectivity index (χ1n) is 6.21. The molecule has 0 fully saturated rings. The molecule has 0 rings (SSSR count). The van der Waals surface area contributed by atoms with E-state index in [-0.39, 0.29) is 5.97 Å². The van der Waals surface area contributed by atoms with Crippen LogP contribution in [-0.2, 0) is 18.4 Å². The zero-order valence-electron chi connectivity index (χ0n) is 11.3. The summed E-state index contributed by atoms with van der Waals surface area (Å²) in [6.45, 7) is 9.41. The van der Waals surface area contributed by atoms with Crippen LogP contribution >= 0.6 is 0 Å². The van der Waals surface area contributed by atoms with Crippen molar-refractivity contribution in [2.24, 2.45) is 0 Å². The van der Waals surface area contributed by atoms with E-state index >= 15 is 0 Å². The van der Waals surface area contributed by atoms with Crippen molar-refractivity contribution in [3.63, 3.8) is 0 Å². The van der Waals surface area contributed by atoms with Crippen LogP contribution in [0, 0.1) is 0 Å². The number of carbonyl (C=O) groups excluding carboxylic acids is 1. The molecule has 0 unspecified atom stereocenters. The van der Waals surface area contributed by atoms with Crippen molar-refractivity contribution in [3.8, 4) is 0 Å². The Morgan fingerprint density at radius 3 is 2.18 bits per heavy atom. The van der Waals surface area contributed by atoms with Crippen LogP contribution in [-0.4, -0.2) is 34.4 Å². The fourth-order valence-corrected chi connectivity index (χ4v) is 4.18. The van der Waals surface area contributed by atoms with Crippen molar-refractivity contribution in [3.05, 3.63) is 12.2 Å². The molecule has 0 N–H and O–H groups in total. The molecule has 0 aliphatic rings. The van der Waals surface area contributed by atoms with Crippen LogP contribution in [0.25, 0.3) is 0 Å². The fourth-order valence-electron chi connectivity index (χ4n) is 1.58. The van der Waals surface area contributed by atoms with Gasteiger partial charge in [-0.2, -0.15) is 0 Å². The summed E-state index contributed by atoms with van der Waals surface area (Å²) in [7, 11) is -2.16. The third kappa shape index (κ3) is 6.60. The van der Waals surface area contributed by atoms with Crippen LogP contribution in [0.5, 0.6) is 0 Å². The standard InChI is InChI=1S/C12H24O4Si/c1-5-9-12(13)14-10-11-17(8-4,15-6-2)16-7-3/h5,9H,6-8,10-11H2,1-4H3. The second-order valence-corrected chi connectivity index (χ2v) is 7.15. The lowest BCUT2D eigenvalue weighted by Crippen LogP contribution is -2.42. The van der Waals surface area contributed by atoms with Crippen molar-refractivity contribution in [1.29, 1.82) is 0 Å². The number of hydrogen-bond acceptors (Lipinski definition) is 4. The van der Waals surface area contributed by atoms with Gasteiger partial charge in [0.25, 0.3) is 0 Å². The predicted molar refractivity (Wildman–Crippen MR) is 70.1 cm³/mol. The molecule has 0 aromatic heterocycles. The summed E-state index contributed by atoms with van der Waals surface area (Å²) in [4.78, 5) is 11.2. The topological polar surface area (TPSA) is 44.8 Å². The van der Waals surface area contributed by atoms with Gasteiger partial charge < -0.3 is 13.6 Å². The Balaban J connectivity index is 4.19. The molecule has 0 bridgehead atoms. The average Bonchev–Trinajstić information content (AvgIpc) is 2.30. The van der Waals surface area contributed by atoms with E-state index in [0.717, 1.165) is 6.04 Å². The Kier molecular flexibility index (Phi) is 9.02. The zero-order valence-corrected chi connectivity index (χ0v) is 12.3. The van der Waals surface area contributed by atoms with E-state index in [4.69, 9.17) is 13.6 Å². The van der Waals surface area contributed by atoms with Gasteiger partial charge in [-0.05, 0) is 26.8 Å². The van der Waals surface area contributed by atoms with Crippen molar-refractivity contribution in [2.75, 3.05) is 19.8 Å². The molecule has 0 aromatic carbocycles. The number of carbonyl (C=O) groups is 1. The van der Waals surface area contributed by atoms with Gasteiger partial charge in [-0.1, -0.05) is 13.0 Å². The van der Waals surface area contributed by atoms with E-state index < -0.39 is 8.56 Å². The van der Waals surface area contributed by atoms with Crippen molar-refractivity contribution < 1.29 is 18.4 Å². The maximum atomic E-state index is 11.2. The summed E-state index contributed by atoms with van der Waals surface area (Å²) in [5.74, 6) is -0.306. The Hall–Kier alpha value is -0.653. The highest BCUT2D eigenvalue weighted by Gasteiger charge is 2.34. The lowest BCUT2D eigenvalue weighted by atomic mass is 10.5. The first kappa shape index (κ1) is 16.3. The molecule has 5 heteroatoms. The third-order valence-electron chi connectivity index (χ3n) is 2.38. The summed E-state index contributed by atoms with van der Waals surface area (Å²) in [5.41, 5.74) is 0. The van der Waals surface area contributed by atoms with Crippen molar-refractivity contribution in [1.82, 2.24) is 0 Å². The smallest absolute Gasteiger partial charge is 0.341 e. The average molecular weight is 260 g/mol. The molecule has 0 radical (unpaired) electrons. The molecule has 0 atom stereocenters. The Morgan fingerprint density at radius 1 is 1.18 bits per heavy atom. The summed E-state index contributed by atoms with van der Waals surface area (Å²) in [6, 6.07) is 1.56. The van der Waals surface area contributed by atoms with Gasteiger partial charge in [0.2, 0.25) is 0 Å². The normalized spacial score (nSPS) is 12.0. The first-order chi connectivity index (χ1) is 8.14. The van der Waals surface area contributed by atoms with Gasteiger partial charge in [0.05, 0.1) is 6.61 Å². The molecule has 0 saturated carbocycles. The molecular formula is C12H24O4Si. The highest BCUT2D eigenvalue weighted by Crippen LogP contribution is 2.19. The number of ether oxygens (including phenoxy) is 1. The minimum atomic E-state index is -2.16. The quantitative estimate of drug-likeness (QED) is 0.363. The second kappa shape index (κ2) is 9.38. The molecule has 100 valence electrons. The minimum Gasteiger partial charge on any atom is -0.463 e. The van der Waals surface area contributed by atoms with Crippen LogP contribution in [0.15, 0.2) is 12.2 Å². The lowest BCUT2D eigenvalue weighted by Gasteiger charge is -2.28. The van der Waals surface area contributed by atoms with E-state index in [1.54, 1.807) is 13.0 Å². The largest absolute Gasteiger partial charge is 0.463 e. The number of esters is 1. The van der Waals surface area contributed by atoms with E-state index in [1.165, 1.54) is 6.08 Å². The second-order valence-electron chi connectivity index (χ2n) is 3.55. The molecule has 0 saturated heterocycles. The molecule has 0 amide bonds. The first-order valence-corrected chi connectivity index (χ1v) is 8.44. The minimum absolute atomic E-state index is 0.306. The summed E-state index contributed by atoms with van der Waals surface area (Å²) < 4.78 is 16.6. The molecule has 0 aliphatic heterocycles. The van der Waals surface area contributed by atoms with Crippen molar-refractivity contribution >= 4 is 14.5 Å². The fraction of sp³-hybridized carbons (Fsp3) is 0.750. The maximum absolute atomic E-state index is 11.2. The summed E-state index contributed by atoms with van der Waals surface area (Å²) >= 11 is 0. The summed E-state index contributed by atoms with van der Waals surface area (Å²) in [6.07, 6.45) is 3.08. The lowest BCUT2D eigenvalue weighted by molar-refractivity contribution is -0.137. The van der Waals surface area contributed by atoms with Crippen molar-refractivity contribution in [2.45, 2.75) is 39.8 Å². The maximum Gasteiger partial charge on any atom is 0.341 e. The van der Waals surface area contributed by atoms with Crippen LogP contribution in [0.2, 0.25) is 12.1 Å². The zero-order chi connectivity index (χ0) is 13.1. The van der Waals surface area contributed by atoms with Crippen LogP contribution in [0.1, 0.15) is 27.7 Å². The molecular weight excluding hydrogens is 236 g/mol. The SMILES string of the molecule is CC=CC(=O)OCC[Si](CC)(OCC)OCC. The van der Waals surface area contributed by atoms with Gasteiger partial charge >= 0.3 is 14.5 Å². The number of allylic oxidation sites excluding steroid dienone is 1. The van der Waals surface area contributed by atoms with Gasteiger partial charge in [0, 0.05) is 25.3 Å². The molecule has 0 aromatic rings.